The molecule has 0 bridgehead atoms. The van der Waals surface area contributed by atoms with Gasteiger partial charge in [-0.2, -0.15) is 0 Å². The summed E-state index contributed by atoms with van der Waals surface area (Å²) >= 11 is 0. The first kappa shape index (κ1) is 34.7. The van der Waals surface area contributed by atoms with Crippen molar-refractivity contribution in [3.63, 3.8) is 0 Å². The molecule has 0 aliphatic carbocycles. The number of benzene rings is 2. The number of carbonyl (C=O) groups is 3. The minimum atomic E-state index is -0.901. The molecular weight excluding hydrogens is 530 g/mol. The summed E-state index contributed by atoms with van der Waals surface area (Å²) in [6.07, 6.45) is 4.71. The maximum absolute atomic E-state index is 14.4. The highest BCUT2D eigenvalue weighted by atomic mass is 16.6. The number of hydrogen-bond donors (Lipinski definition) is 2. The fraction of sp³-hybridized carbons (Fsp3) is 0.559. The molecule has 232 valence electrons. The number of nitrogens with zero attached hydrogens (tertiary/aromatic N) is 1. The fourth-order valence-corrected chi connectivity index (χ4v) is 4.70. The van der Waals surface area contributed by atoms with Gasteiger partial charge in [0.1, 0.15) is 23.4 Å². The Kier molecular flexibility index (Phi) is 13.8. The third kappa shape index (κ3) is 11.7. The van der Waals surface area contributed by atoms with E-state index in [0.29, 0.717) is 30.0 Å². The Morgan fingerprint density at radius 3 is 2.07 bits per heavy atom. The molecule has 0 saturated heterocycles. The van der Waals surface area contributed by atoms with Gasteiger partial charge in [0, 0.05) is 12.2 Å². The highest BCUT2D eigenvalue weighted by Crippen LogP contribution is 2.27. The molecule has 0 saturated carbocycles. The molecule has 2 atom stereocenters. The number of amides is 3. The Morgan fingerprint density at radius 2 is 1.52 bits per heavy atom. The van der Waals surface area contributed by atoms with Crippen LogP contribution in [0.4, 0.5) is 10.5 Å². The molecule has 0 heterocycles. The second kappa shape index (κ2) is 16.8. The Labute approximate surface area is 252 Å². The first-order chi connectivity index (χ1) is 19.8. The summed E-state index contributed by atoms with van der Waals surface area (Å²) in [5.74, 6) is 0.162. The minimum absolute atomic E-state index is 0.117. The van der Waals surface area contributed by atoms with Crippen molar-refractivity contribution < 1.29 is 23.9 Å². The summed E-state index contributed by atoms with van der Waals surface area (Å²) in [6, 6.07) is 13.0. The monoisotopic (exact) mass is 581 g/mol. The quantitative estimate of drug-likeness (QED) is 0.213. The van der Waals surface area contributed by atoms with Crippen LogP contribution in [0, 0.1) is 12.8 Å². The number of aryl methyl sites for hydroxylation is 1. The lowest BCUT2D eigenvalue weighted by Gasteiger charge is -2.35. The van der Waals surface area contributed by atoms with Gasteiger partial charge in [-0.25, -0.2) is 4.79 Å². The molecule has 0 aromatic heterocycles. The van der Waals surface area contributed by atoms with Crippen molar-refractivity contribution in [2.45, 2.75) is 105 Å². The molecule has 0 radical (unpaired) electrons. The molecule has 0 aliphatic rings. The molecule has 0 fully saturated rings. The van der Waals surface area contributed by atoms with E-state index in [1.807, 2.05) is 45.0 Å². The number of ether oxygens (including phenoxy) is 2. The van der Waals surface area contributed by atoms with Crippen molar-refractivity contribution in [1.82, 2.24) is 10.2 Å². The molecule has 2 aromatic carbocycles. The first-order valence-electron chi connectivity index (χ1n) is 15.2. The predicted octanol–water partition coefficient (Wildman–Crippen LogP) is 7.42. The van der Waals surface area contributed by atoms with Crippen LogP contribution in [0.25, 0.3) is 0 Å². The van der Waals surface area contributed by atoms with Gasteiger partial charge in [-0.05, 0) is 76.3 Å². The molecule has 3 amide bonds. The molecular formula is C34H51N3O5. The van der Waals surface area contributed by atoms with Gasteiger partial charge in [-0.1, -0.05) is 76.3 Å². The predicted molar refractivity (Wildman–Crippen MR) is 169 cm³/mol. The van der Waals surface area contributed by atoms with Crippen LogP contribution < -0.4 is 15.4 Å². The summed E-state index contributed by atoms with van der Waals surface area (Å²) in [7, 11) is 1.59. The van der Waals surface area contributed by atoms with Gasteiger partial charge in [0.15, 0.2) is 0 Å². The third-order valence-corrected chi connectivity index (χ3v) is 6.79. The average Bonchev–Trinajstić information content (AvgIpc) is 2.91. The summed E-state index contributed by atoms with van der Waals surface area (Å²) in [5, 5.41) is 5.82. The molecule has 2 aromatic rings. The number of carbonyl (C=O) groups excluding carboxylic acids is 3. The number of hydrogen-bond acceptors (Lipinski definition) is 5. The molecule has 8 heteroatoms. The van der Waals surface area contributed by atoms with Gasteiger partial charge < -0.3 is 25.0 Å². The van der Waals surface area contributed by atoms with Gasteiger partial charge in [0.2, 0.25) is 5.91 Å². The summed E-state index contributed by atoms with van der Waals surface area (Å²) in [5.41, 5.74) is 1.64. The largest absolute Gasteiger partial charge is 0.497 e. The Hall–Kier alpha value is -3.55. The lowest BCUT2D eigenvalue weighted by Crippen LogP contribution is -2.53. The van der Waals surface area contributed by atoms with Crippen molar-refractivity contribution in [2.75, 3.05) is 19.0 Å². The number of alkyl carbamates (subject to hydrolysis) is 1. The van der Waals surface area contributed by atoms with Gasteiger partial charge in [-0.15, -0.1) is 0 Å². The third-order valence-electron chi connectivity index (χ3n) is 6.79. The first-order valence-corrected chi connectivity index (χ1v) is 15.2. The van der Waals surface area contributed by atoms with Crippen LogP contribution in [-0.2, 0) is 14.3 Å². The molecule has 2 N–H and O–H groups in total. The second-order valence-corrected chi connectivity index (χ2v) is 12.3. The van der Waals surface area contributed by atoms with Crippen LogP contribution in [0.3, 0.4) is 0 Å². The number of unbranched alkanes of at least 4 members (excludes halogenated alkanes) is 4. The summed E-state index contributed by atoms with van der Waals surface area (Å²) < 4.78 is 10.8. The SMILES string of the molecule is CCCCCCCN(C(=O)C(CC(C)C)NC(=O)OC(C)(C)C)C(C(=O)Nc1ccc(OC)cc1)c1ccc(C)cc1. The highest BCUT2D eigenvalue weighted by molar-refractivity contribution is 5.99. The molecule has 2 unspecified atom stereocenters. The van der Waals surface area contributed by atoms with Crippen molar-refractivity contribution in [2.24, 2.45) is 5.92 Å². The Bertz CT molecular complexity index is 1120. The number of nitrogens with one attached hydrogen (secondary N) is 2. The maximum Gasteiger partial charge on any atom is 0.408 e. The van der Waals surface area contributed by atoms with Gasteiger partial charge in [0.05, 0.1) is 7.11 Å². The number of methoxy groups -OCH3 is 1. The van der Waals surface area contributed by atoms with E-state index in [-0.39, 0.29) is 17.7 Å². The average molecular weight is 582 g/mol. The van der Waals surface area contributed by atoms with Gasteiger partial charge >= 0.3 is 6.09 Å². The van der Waals surface area contributed by atoms with Crippen molar-refractivity contribution in [1.29, 1.82) is 0 Å². The Morgan fingerprint density at radius 1 is 0.905 bits per heavy atom. The zero-order valence-electron chi connectivity index (χ0n) is 26.8. The van der Waals surface area contributed by atoms with Crippen LogP contribution >= 0.6 is 0 Å². The van der Waals surface area contributed by atoms with E-state index < -0.39 is 23.8 Å². The Balaban J connectivity index is 2.51. The zero-order chi connectivity index (χ0) is 31.3. The van der Waals surface area contributed by atoms with Crippen LogP contribution in [-0.4, -0.2) is 48.1 Å². The normalized spacial score (nSPS) is 12.8. The van der Waals surface area contributed by atoms with Crippen LogP contribution in [0.2, 0.25) is 0 Å². The van der Waals surface area contributed by atoms with Crippen molar-refractivity contribution in [3.05, 3.63) is 59.7 Å². The lowest BCUT2D eigenvalue weighted by molar-refractivity contribution is -0.141. The van der Waals surface area contributed by atoms with Crippen molar-refractivity contribution in [3.8, 4) is 5.75 Å². The second-order valence-electron chi connectivity index (χ2n) is 12.3. The lowest BCUT2D eigenvalue weighted by atomic mass is 9.98. The molecule has 8 nitrogen and oxygen atoms in total. The fourth-order valence-electron chi connectivity index (χ4n) is 4.70. The summed E-state index contributed by atoms with van der Waals surface area (Å²) in [4.78, 5) is 42.9. The topological polar surface area (TPSA) is 97.0 Å². The van der Waals surface area contributed by atoms with E-state index in [0.717, 1.165) is 37.7 Å². The molecule has 0 aliphatic heterocycles. The minimum Gasteiger partial charge on any atom is -0.497 e. The standard InChI is InChI=1S/C34H51N3O5/c1-9-10-11-12-13-22-37(32(39)29(23-24(2)3)36-33(40)42-34(5,6)7)30(26-16-14-25(4)15-17-26)31(38)35-27-18-20-28(41-8)21-19-27/h14-21,24,29-30H,9-13,22-23H2,1-8H3,(H,35,38)(H,36,40). The smallest absolute Gasteiger partial charge is 0.408 e. The van der Waals surface area contributed by atoms with E-state index >= 15 is 0 Å². The maximum atomic E-state index is 14.4. The highest BCUT2D eigenvalue weighted by Gasteiger charge is 2.36. The van der Waals surface area contributed by atoms with E-state index in [2.05, 4.69) is 17.6 Å². The molecule has 0 spiro atoms. The van der Waals surface area contributed by atoms with Crippen LogP contribution in [0.15, 0.2) is 48.5 Å². The van der Waals surface area contributed by atoms with E-state index in [1.165, 1.54) is 0 Å². The molecule has 42 heavy (non-hydrogen) atoms. The van der Waals surface area contributed by atoms with E-state index in [1.54, 1.807) is 57.0 Å². The zero-order valence-corrected chi connectivity index (χ0v) is 26.8. The summed E-state index contributed by atoms with van der Waals surface area (Å²) in [6.45, 7) is 13.9. The van der Waals surface area contributed by atoms with Crippen LogP contribution in [0.1, 0.15) is 97.2 Å². The van der Waals surface area contributed by atoms with E-state index in [4.69, 9.17) is 9.47 Å². The van der Waals surface area contributed by atoms with Crippen molar-refractivity contribution >= 4 is 23.6 Å². The van der Waals surface area contributed by atoms with E-state index in [9.17, 15) is 14.4 Å². The van der Waals surface area contributed by atoms with Gasteiger partial charge in [-0.3, -0.25) is 9.59 Å². The number of rotatable bonds is 15. The van der Waals surface area contributed by atoms with Crippen LogP contribution in [0.5, 0.6) is 5.75 Å². The molecule has 2 rings (SSSR count). The van der Waals surface area contributed by atoms with Gasteiger partial charge in [0.25, 0.3) is 5.91 Å². The number of anilines is 1.